The highest BCUT2D eigenvalue weighted by atomic mass is 32.2. The molecule has 1 aliphatic carbocycles. The molecule has 2 rings (SSSR count). The van der Waals surface area contributed by atoms with Crippen LogP contribution in [0.15, 0.2) is 30.3 Å². The molecule has 0 radical (unpaired) electrons. The average molecular weight is 269 g/mol. The third-order valence-electron chi connectivity index (χ3n) is 4.00. The van der Waals surface area contributed by atoms with E-state index in [0.717, 1.165) is 5.56 Å². The van der Waals surface area contributed by atoms with Crippen molar-refractivity contribution in [1.29, 1.82) is 0 Å². The molecule has 0 bridgehead atoms. The van der Waals surface area contributed by atoms with Crippen LogP contribution in [0, 0.1) is 5.41 Å². The molecular formula is C13H19NO3S. The van der Waals surface area contributed by atoms with Gasteiger partial charge in [0.05, 0.1) is 11.9 Å². The molecule has 0 aliphatic heterocycles. The first-order valence-electron chi connectivity index (χ1n) is 6.11. The van der Waals surface area contributed by atoms with Gasteiger partial charge in [0.25, 0.3) is 0 Å². The normalized spacial score (nSPS) is 31.3. The molecule has 100 valence electrons. The van der Waals surface area contributed by atoms with Gasteiger partial charge in [-0.05, 0) is 5.56 Å². The molecule has 1 aromatic rings. The standard InChI is InChI=1S/C13H19NO3S/c1-2-18(16,17)12-11(13(12,8-14)9-15)10-6-4-3-5-7-10/h3-7,11-12,15H,2,8-9,14H2,1H3/t11-,12-,13+/m0/s1. The number of benzene rings is 1. The van der Waals surface area contributed by atoms with Crippen molar-refractivity contribution in [2.24, 2.45) is 11.1 Å². The largest absolute Gasteiger partial charge is 0.396 e. The summed E-state index contributed by atoms with van der Waals surface area (Å²) in [6.07, 6.45) is 0. The minimum atomic E-state index is -3.19. The fourth-order valence-corrected chi connectivity index (χ4v) is 5.02. The van der Waals surface area contributed by atoms with Crippen LogP contribution in [0.2, 0.25) is 0 Å². The third-order valence-corrected chi connectivity index (χ3v) is 6.32. The predicted octanol–water partition coefficient (Wildman–Crippen LogP) is 0.525. The maximum absolute atomic E-state index is 12.1. The van der Waals surface area contributed by atoms with Crippen LogP contribution in [0.5, 0.6) is 0 Å². The summed E-state index contributed by atoms with van der Waals surface area (Å²) < 4.78 is 24.2. The number of hydrogen-bond donors (Lipinski definition) is 2. The Labute approximate surface area is 108 Å². The van der Waals surface area contributed by atoms with E-state index >= 15 is 0 Å². The van der Waals surface area contributed by atoms with Crippen molar-refractivity contribution in [1.82, 2.24) is 0 Å². The van der Waals surface area contributed by atoms with Crippen molar-refractivity contribution in [2.45, 2.75) is 18.1 Å². The number of rotatable bonds is 5. The number of aliphatic hydroxyl groups excluding tert-OH is 1. The van der Waals surface area contributed by atoms with Gasteiger partial charge in [0.2, 0.25) is 0 Å². The molecular weight excluding hydrogens is 250 g/mol. The van der Waals surface area contributed by atoms with Crippen LogP contribution >= 0.6 is 0 Å². The Balaban J connectivity index is 2.42. The van der Waals surface area contributed by atoms with E-state index in [4.69, 9.17) is 5.73 Å². The molecule has 5 heteroatoms. The lowest BCUT2D eigenvalue weighted by Gasteiger charge is -2.11. The van der Waals surface area contributed by atoms with Gasteiger partial charge in [0.1, 0.15) is 0 Å². The zero-order valence-corrected chi connectivity index (χ0v) is 11.2. The number of nitrogens with two attached hydrogens (primary N) is 1. The second kappa shape index (κ2) is 4.64. The summed E-state index contributed by atoms with van der Waals surface area (Å²) in [5, 5.41) is 9.02. The molecule has 1 aromatic carbocycles. The van der Waals surface area contributed by atoms with E-state index in [-0.39, 0.29) is 24.8 Å². The lowest BCUT2D eigenvalue weighted by molar-refractivity contribution is 0.212. The second-order valence-corrected chi connectivity index (χ2v) is 7.27. The van der Waals surface area contributed by atoms with Crippen molar-refractivity contribution in [3.8, 4) is 0 Å². The van der Waals surface area contributed by atoms with Gasteiger partial charge in [-0.3, -0.25) is 0 Å². The van der Waals surface area contributed by atoms with Gasteiger partial charge >= 0.3 is 0 Å². The molecule has 0 saturated heterocycles. The van der Waals surface area contributed by atoms with Gasteiger partial charge in [-0.2, -0.15) is 0 Å². The van der Waals surface area contributed by atoms with E-state index in [1.165, 1.54) is 0 Å². The highest BCUT2D eigenvalue weighted by Gasteiger charge is 2.69. The van der Waals surface area contributed by atoms with E-state index < -0.39 is 20.5 Å². The SMILES string of the molecule is CCS(=O)(=O)[C@H]1[C@H](c2ccccc2)[C@@]1(CN)CO. The lowest BCUT2D eigenvalue weighted by atomic mass is 10.0. The summed E-state index contributed by atoms with van der Waals surface area (Å²) in [7, 11) is -3.19. The minimum Gasteiger partial charge on any atom is -0.396 e. The van der Waals surface area contributed by atoms with Gasteiger partial charge in [-0.25, -0.2) is 8.42 Å². The second-order valence-electron chi connectivity index (χ2n) is 4.86. The first-order chi connectivity index (χ1) is 8.53. The van der Waals surface area contributed by atoms with Crippen LogP contribution in [0.25, 0.3) is 0 Å². The highest BCUT2D eigenvalue weighted by Crippen LogP contribution is 2.62. The summed E-state index contributed by atoms with van der Waals surface area (Å²) in [6.45, 7) is 1.63. The van der Waals surface area contributed by atoms with Gasteiger partial charge in [0, 0.05) is 23.6 Å². The maximum Gasteiger partial charge on any atom is 0.154 e. The molecule has 0 spiro atoms. The van der Waals surface area contributed by atoms with E-state index in [9.17, 15) is 13.5 Å². The van der Waals surface area contributed by atoms with E-state index in [0.29, 0.717) is 0 Å². The summed E-state index contributed by atoms with van der Waals surface area (Å²) in [6, 6.07) is 9.44. The number of hydrogen-bond acceptors (Lipinski definition) is 4. The molecule has 4 nitrogen and oxygen atoms in total. The Hall–Kier alpha value is -0.910. The smallest absolute Gasteiger partial charge is 0.154 e. The molecule has 0 heterocycles. The molecule has 0 unspecified atom stereocenters. The van der Waals surface area contributed by atoms with Crippen molar-refractivity contribution in [3.05, 3.63) is 35.9 Å². The molecule has 0 amide bonds. The average Bonchev–Trinajstić information content (AvgIpc) is 3.10. The first-order valence-corrected chi connectivity index (χ1v) is 7.82. The predicted molar refractivity (Wildman–Crippen MR) is 71.0 cm³/mol. The topological polar surface area (TPSA) is 80.4 Å². The Bertz CT molecular complexity index is 508. The summed E-state index contributed by atoms with van der Waals surface area (Å²) in [5.41, 5.74) is 5.97. The van der Waals surface area contributed by atoms with E-state index in [1.807, 2.05) is 30.3 Å². The monoisotopic (exact) mass is 269 g/mol. The molecule has 3 N–H and O–H groups in total. The van der Waals surface area contributed by atoms with E-state index in [1.54, 1.807) is 6.92 Å². The Morgan fingerprint density at radius 1 is 1.33 bits per heavy atom. The number of sulfone groups is 1. The lowest BCUT2D eigenvalue weighted by Crippen LogP contribution is -2.28. The van der Waals surface area contributed by atoms with Gasteiger partial charge in [0.15, 0.2) is 9.84 Å². The molecule has 0 aromatic heterocycles. The van der Waals surface area contributed by atoms with Crippen molar-refractivity contribution in [2.75, 3.05) is 18.9 Å². The van der Waals surface area contributed by atoms with Gasteiger partial charge < -0.3 is 10.8 Å². The van der Waals surface area contributed by atoms with Crippen LogP contribution in [-0.4, -0.2) is 37.7 Å². The zero-order chi connectivity index (χ0) is 13.4. The fourth-order valence-electron chi connectivity index (χ4n) is 2.86. The minimum absolute atomic E-state index is 0.0861. The molecule has 18 heavy (non-hydrogen) atoms. The highest BCUT2D eigenvalue weighted by molar-refractivity contribution is 7.92. The van der Waals surface area contributed by atoms with Crippen molar-refractivity contribution < 1.29 is 13.5 Å². The summed E-state index contributed by atoms with van der Waals surface area (Å²) >= 11 is 0. The van der Waals surface area contributed by atoms with Crippen molar-refractivity contribution >= 4 is 9.84 Å². The van der Waals surface area contributed by atoms with Crippen LogP contribution in [-0.2, 0) is 9.84 Å². The molecule has 1 aliphatic rings. The number of aliphatic hydroxyl groups is 1. The molecule has 1 saturated carbocycles. The Morgan fingerprint density at radius 3 is 2.39 bits per heavy atom. The zero-order valence-electron chi connectivity index (χ0n) is 10.4. The Morgan fingerprint density at radius 2 is 1.94 bits per heavy atom. The van der Waals surface area contributed by atoms with Crippen LogP contribution in [0.4, 0.5) is 0 Å². The van der Waals surface area contributed by atoms with Crippen LogP contribution in [0.1, 0.15) is 18.4 Å². The van der Waals surface area contributed by atoms with Gasteiger partial charge in [-0.1, -0.05) is 37.3 Å². The quantitative estimate of drug-likeness (QED) is 0.817. The van der Waals surface area contributed by atoms with Crippen LogP contribution in [0.3, 0.4) is 0 Å². The molecule has 1 fully saturated rings. The third kappa shape index (κ3) is 1.86. The molecule has 3 atom stereocenters. The summed E-state index contributed by atoms with van der Waals surface area (Å²) in [5.74, 6) is -0.0957. The van der Waals surface area contributed by atoms with Gasteiger partial charge in [-0.15, -0.1) is 0 Å². The Kier molecular flexibility index (Phi) is 3.49. The maximum atomic E-state index is 12.1. The van der Waals surface area contributed by atoms with E-state index in [2.05, 4.69) is 0 Å². The first kappa shape index (κ1) is 13.5. The van der Waals surface area contributed by atoms with Crippen LogP contribution < -0.4 is 5.73 Å². The fraction of sp³-hybridized carbons (Fsp3) is 0.538. The van der Waals surface area contributed by atoms with Crippen molar-refractivity contribution in [3.63, 3.8) is 0 Å². The summed E-state index contributed by atoms with van der Waals surface area (Å²) in [4.78, 5) is 0.